The largest absolute Gasteiger partial charge is 0.350 e. The maximum absolute atomic E-state index is 12.2. The Morgan fingerprint density at radius 1 is 1.26 bits per heavy atom. The molecule has 0 bridgehead atoms. The molecule has 0 spiro atoms. The molecule has 0 unspecified atom stereocenters. The Morgan fingerprint density at radius 2 is 1.95 bits per heavy atom. The molecule has 1 aliphatic rings. The highest BCUT2D eigenvalue weighted by Gasteiger charge is 2.27. The molecule has 0 heterocycles. The summed E-state index contributed by atoms with van der Waals surface area (Å²) in [6.07, 6.45) is 5.65. The summed E-state index contributed by atoms with van der Waals surface area (Å²) in [6, 6.07) is 5.90. The fraction of sp³-hybridized carbons (Fsp3) is 0.562. The van der Waals surface area contributed by atoms with E-state index in [0.717, 1.165) is 24.0 Å². The van der Waals surface area contributed by atoms with Crippen LogP contribution >= 0.6 is 0 Å². The summed E-state index contributed by atoms with van der Waals surface area (Å²) >= 11 is 0. The third-order valence-corrected chi connectivity index (χ3v) is 4.08. The highest BCUT2D eigenvalue weighted by atomic mass is 16.1. The molecular weight excluding hydrogens is 236 g/mol. The number of carbonyl (C=O) groups excluding carboxylic acids is 1. The van der Waals surface area contributed by atoms with Crippen molar-refractivity contribution in [2.75, 3.05) is 6.54 Å². The van der Waals surface area contributed by atoms with Crippen LogP contribution in [0.3, 0.4) is 0 Å². The van der Waals surface area contributed by atoms with Crippen molar-refractivity contribution in [3.05, 3.63) is 34.9 Å². The van der Waals surface area contributed by atoms with Gasteiger partial charge in [0, 0.05) is 17.6 Å². The summed E-state index contributed by atoms with van der Waals surface area (Å²) in [5.41, 5.74) is 9.08. The minimum Gasteiger partial charge on any atom is -0.350 e. The Morgan fingerprint density at radius 3 is 2.58 bits per heavy atom. The zero-order valence-corrected chi connectivity index (χ0v) is 12.0. The zero-order chi connectivity index (χ0) is 13.9. The standard InChI is InChI=1S/C16H24N2O/c1-12-6-7-14(13(2)10-12)15(19)18-11-16(17)8-4-3-5-9-16/h6-7,10H,3-5,8-9,11,17H2,1-2H3,(H,18,19). The molecule has 0 aliphatic heterocycles. The van der Waals surface area contributed by atoms with Gasteiger partial charge in [0.1, 0.15) is 0 Å². The lowest BCUT2D eigenvalue weighted by Gasteiger charge is -2.33. The highest BCUT2D eigenvalue weighted by molar-refractivity contribution is 5.95. The van der Waals surface area contributed by atoms with Crippen LogP contribution in [0.25, 0.3) is 0 Å². The molecule has 1 aromatic carbocycles. The third-order valence-electron chi connectivity index (χ3n) is 4.08. The Labute approximate surface area is 115 Å². The molecule has 0 radical (unpaired) electrons. The average molecular weight is 260 g/mol. The zero-order valence-electron chi connectivity index (χ0n) is 12.0. The van der Waals surface area contributed by atoms with Gasteiger partial charge in [-0.2, -0.15) is 0 Å². The molecule has 1 aromatic rings. The van der Waals surface area contributed by atoms with Crippen LogP contribution in [-0.4, -0.2) is 18.0 Å². The lowest BCUT2D eigenvalue weighted by Crippen LogP contribution is -2.51. The number of hydrogen-bond donors (Lipinski definition) is 2. The van der Waals surface area contributed by atoms with E-state index in [4.69, 9.17) is 5.73 Å². The summed E-state index contributed by atoms with van der Waals surface area (Å²) in [4.78, 5) is 12.2. The van der Waals surface area contributed by atoms with Gasteiger partial charge in [0.25, 0.3) is 5.91 Å². The van der Waals surface area contributed by atoms with Gasteiger partial charge in [-0.05, 0) is 38.3 Å². The monoisotopic (exact) mass is 260 g/mol. The topological polar surface area (TPSA) is 55.1 Å². The Kier molecular flexibility index (Phi) is 4.25. The van der Waals surface area contributed by atoms with Crippen LogP contribution < -0.4 is 11.1 Å². The molecule has 3 nitrogen and oxygen atoms in total. The van der Waals surface area contributed by atoms with Crippen LogP contribution in [0.15, 0.2) is 18.2 Å². The maximum Gasteiger partial charge on any atom is 0.251 e. The van der Waals surface area contributed by atoms with Crippen molar-refractivity contribution in [1.29, 1.82) is 0 Å². The molecule has 104 valence electrons. The third kappa shape index (κ3) is 3.57. The van der Waals surface area contributed by atoms with Crippen molar-refractivity contribution in [2.45, 2.75) is 51.5 Å². The molecular formula is C16H24N2O. The molecule has 3 heteroatoms. The van der Waals surface area contributed by atoms with Crippen LogP contribution in [0, 0.1) is 13.8 Å². The number of rotatable bonds is 3. The number of aryl methyl sites for hydroxylation is 2. The lowest BCUT2D eigenvalue weighted by molar-refractivity contribution is 0.0937. The Bertz CT molecular complexity index is 462. The smallest absolute Gasteiger partial charge is 0.251 e. The van der Waals surface area contributed by atoms with E-state index in [9.17, 15) is 4.79 Å². The first-order valence-corrected chi connectivity index (χ1v) is 7.15. The number of carbonyl (C=O) groups is 1. The van der Waals surface area contributed by atoms with Crippen LogP contribution in [0.4, 0.5) is 0 Å². The fourth-order valence-electron chi connectivity index (χ4n) is 2.85. The molecule has 0 aromatic heterocycles. The molecule has 1 amide bonds. The highest BCUT2D eigenvalue weighted by Crippen LogP contribution is 2.25. The molecule has 2 rings (SSSR count). The minimum atomic E-state index is -0.202. The van der Waals surface area contributed by atoms with Crippen molar-refractivity contribution >= 4 is 5.91 Å². The average Bonchev–Trinajstić information content (AvgIpc) is 2.37. The number of amides is 1. The van der Waals surface area contributed by atoms with Gasteiger partial charge in [0.2, 0.25) is 0 Å². The number of nitrogens with one attached hydrogen (secondary N) is 1. The molecule has 3 N–H and O–H groups in total. The van der Waals surface area contributed by atoms with Crippen LogP contribution in [0.2, 0.25) is 0 Å². The summed E-state index contributed by atoms with van der Waals surface area (Å²) < 4.78 is 0. The summed E-state index contributed by atoms with van der Waals surface area (Å²) in [5.74, 6) is -0.00658. The van der Waals surface area contributed by atoms with E-state index in [1.807, 2.05) is 32.0 Å². The number of hydrogen-bond acceptors (Lipinski definition) is 2. The van der Waals surface area contributed by atoms with E-state index in [2.05, 4.69) is 5.32 Å². The van der Waals surface area contributed by atoms with Crippen LogP contribution in [-0.2, 0) is 0 Å². The van der Waals surface area contributed by atoms with Gasteiger partial charge in [-0.25, -0.2) is 0 Å². The van der Waals surface area contributed by atoms with E-state index in [0.29, 0.717) is 6.54 Å². The molecule has 1 fully saturated rings. The first-order chi connectivity index (χ1) is 9.00. The van der Waals surface area contributed by atoms with E-state index in [1.54, 1.807) is 0 Å². The van der Waals surface area contributed by atoms with Gasteiger partial charge in [-0.15, -0.1) is 0 Å². The first-order valence-electron chi connectivity index (χ1n) is 7.15. The van der Waals surface area contributed by atoms with E-state index < -0.39 is 0 Å². The quantitative estimate of drug-likeness (QED) is 0.878. The molecule has 1 aliphatic carbocycles. The first kappa shape index (κ1) is 14.1. The van der Waals surface area contributed by atoms with Gasteiger partial charge in [-0.1, -0.05) is 37.0 Å². The second-order valence-electron chi connectivity index (χ2n) is 5.92. The minimum absolute atomic E-state index is 0.00658. The molecule has 1 saturated carbocycles. The van der Waals surface area contributed by atoms with Gasteiger partial charge in [0.05, 0.1) is 0 Å². The molecule has 19 heavy (non-hydrogen) atoms. The molecule has 0 atom stereocenters. The van der Waals surface area contributed by atoms with Gasteiger partial charge < -0.3 is 11.1 Å². The maximum atomic E-state index is 12.2. The van der Waals surface area contributed by atoms with Gasteiger partial charge in [-0.3, -0.25) is 4.79 Å². The fourth-order valence-corrected chi connectivity index (χ4v) is 2.85. The van der Waals surface area contributed by atoms with Gasteiger partial charge >= 0.3 is 0 Å². The van der Waals surface area contributed by atoms with Crippen LogP contribution in [0.5, 0.6) is 0 Å². The second kappa shape index (κ2) is 5.74. The van der Waals surface area contributed by atoms with Crippen molar-refractivity contribution in [3.8, 4) is 0 Å². The Hall–Kier alpha value is -1.35. The van der Waals surface area contributed by atoms with Crippen molar-refractivity contribution in [3.63, 3.8) is 0 Å². The van der Waals surface area contributed by atoms with E-state index in [1.165, 1.54) is 24.8 Å². The summed E-state index contributed by atoms with van der Waals surface area (Å²) in [6.45, 7) is 4.59. The lowest BCUT2D eigenvalue weighted by atomic mass is 9.82. The number of benzene rings is 1. The Balaban J connectivity index is 1.97. The predicted octanol–water partition coefficient (Wildman–Crippen LogP) is 2.69. The van der Waals surface area contributed by atoms with Crippen molar-refractivity contribution in [1.82, 2.24) is 5.32 Å². The number of nitrogens with two attached hydrogens (primary N) is 1. The summed E-state index contributed by atoms with van der Waals surface area (Å²) in [5, 5.41) is 3.01. The summed E-state index contributed by atoms with van der Waals surface area (Å²) in [7, 11) is 0. The van der Waals surface area contributed by atoms with E-state index in [-0.39, 0.29) is 11.4 Å². The van der Waals surface area contributed by atoms with Crippen molar-refractivity contribution in [2.24, 2.45) is 5.73 Å². The SMILES string of the molecule is Cc1ccc(C(=O)NCC2(N)CCCCC2)c(C)c1. The predicted molar refractivity (Wildman–Crippen MR) is 78.3 cm³/mol. The van der Waals surface area contributed by atoms with Crippen LogP contribution in [0.1, 0.15) is 53.6 Å². The van der Waals surface area contributed by atoms with Gasteiger partial charge in [0.15, 0.2) is 0 Å². The molecule has 0 saturated heterocycles. The normalized spacial score (nSPS) is 18.1. The van der Waals surface area contributed by atoms with Crippen molar-refractivity contribution < 1.29 is 4.79 Å². The van der Waals surface area contributed by atoms with E-state index >= 15 is 0 Å². The second-order valence-corrected chi connectivity index (χ2v) is 5.92.